The molecule has 7 rings (SSSR count). The summed E-state index contributed by atoms with van der Waals surface area (Å²) in [5.74, 6) is 0.458. The highest BCUT2D eigenvalue weighted by atomic mass is 35.5. The van der Waals surface area contributed by atoms with Gasteiger partial charge < -0.3 is 45.5 Å². The van der Waals surface area contributed by atoms with E-state index in [0.29, 0.717) is 52.1 Å². The Bertz CT molecular complexity index is 2720. The van der Waals surface area contributed by atoms with Crippen molar-refractivity contribution in [3.8, 4) is 16.2 Å². The highest BCUT2D eigenvalue weighted by Crippen LogP contribution is 2.39. The van der Waals surface area contributed by atoms with E-state index < -0.39 is 30.7 Å². The SMILES string of the molecule is COc1cc(N2CCN(CCCCCCC(=O)N[C@H](C(=O)N3C[C@H](O)C[C@H]3C(=O)N[C@@H](C)c3ccc(-c4scnc4C)cc3)C(C)(C)C)CC2)ccc1Nc1ncc(Cl)c(Nc2ccccc2P(C)(C)=O)n1. The van der Waals surface area contributed by atoms with Gasteiger partial charge in [0.15, 0.2) is 5.82 Å². The third-order valence-corrected chi connectivity index (χ3v) is 16.1. The first-order valence-electron chi connectivity index (χ1n) is 24.7. The van der Waals surface area contributed by atoms with E-state index in [-0.39, 0.29) is 36.7 Å². The van der Waals surface area contributed by atoms with Gasteiger partial charge in [0.25, 0.3) is 0 Å². The van der Waals surface area contributed by atoms with Crippen molar-refractivity contribution in [3.05, 3.63) is 94.7 Å². The minimum atomic E-state index is -2.56. The average molecular weight is 1040 g/mol. The van der Waals surface area contributed by atoms with Crippen molar-refractivity contribution in [1.82, 2.24) is 35.4 Å². The molecular formula is C53H70ClN10O6PS. The van der Waals surface area contributed by atoms with Crippen molar-refractivity contribution in [2.24, 2.45) is 5.41 Å². The average Bonchev–Trinajstić information content (AvgIpc) is 3.97. The number of halogens is 1. The van der Waals surface area contributed by atoms with Crippen LogP contribution in [-0.2, 0) is 18.9 Å². The van der Waals surface area contributed by atoms with Gasteiger partial charge in [0.1, 0.15) is 30.0 Å². The maximum absolute atomic E-state index is 14.2. The number of likely N-dealkylation sites (tertiary alicyclic amines) is 1. The van der Waals surface area contributed by atoms with Gasteiger partial charge >= 0.3 is 0 Å². The van der Waals surface area contributed by atoms with Gasteiger partial charge in [0.05, 0.1) is 52.9 Å². The zero-order chi connectivity index (χ0) is 51.7. The Balaban J connectivity index is 0.827. The topological polar surface area (TPSA) is 194 Å². The number of benzene rings is 3. The van der Waals surface area contributed by atoms with Crippen LogP contribution in [0.2, 0.25) is 5.02 Å². The van der Waals surface area contributed by atoms with Crippen LogP contribution in [-0.4, -0.2) is 125 Å². The van der Waals surface area contributed by atoms with Gasteiger partial charge in [-0.3, -0.25) is 19.3 Å². The van der Waals surface area contributed by atoms with E-state index in [1.54, 1.807) is 31.8 Å². The molecule has 2 aromatic heterocycles. The number of nitrogens with one attached hydrogen (secondary N) is 4. The lowest BCUT2D eigenvalue weighted by atomic mass is 9.85. The quantitative estimate of drug-likeness (QED) is 0.0367. The molecule has 3 aromatic carbocycles. The number of carbonyl (C=O) groups excluding carboxylic acids is 3. The number of amides is 3. The molecule has 4 heterocycles. The molecular weight excluding hydrogens is 971 g/mol. The number of para-hydroxylation sites is 1. The molecule has 2 aliphatic rings. The Morgan fingerprint density at radius 1 is 0.931 bits per heavy atom. The number of carbonyl (C=O) groups is 3. The summed E-state index contributed by atoms with van der Waals surface area (Å²) in [5, 5.41) is 24.3. The molecule has 3 amide bonds. The second-order valence-electron chi connectivity index (χ2n) is 20.3. The first kappa shape index (κ1) is 54.2. The van der Waals surface area contributed by atoms with E-state index in [2.05, 4.69) is 52.1 Å². The Morgan fingerprint density at radius 3 is 2.33 bits per heavy atom. The lowest BCUT2D eigenvalue weighted by molar-refractivity contribution is -0.144. The highest BCUT2D eigenvalue weighted by Gasteiger charge is 2.44. The van der Waals surface area contributed by atoms with E-state index in [1.807, 2.05) is 101 Å². The number of thiazole rings is 1. The van der Waals surface area contributed by atoms with Gasteiger partial charge in [-0.2, -0.15) is 4.98 Å². The number of anilines is 5. The summed E-state index contributed by atoms with van der Waals surface area (Å²) >= 11 is 8.07. The number of piperazine rings is 1. The molecule has 2 fully saturated rings. The van der Waals surface area contributed by atoms with Crippen molar-refractivity contribution in [2.45, 2.75) is 97.4 Å². The van der Waals surface area contributed by atoms with Crippen molar-refractivity contribution < 1.29 is 28.8 Å². The van der Waals surface area contributed by atoms with Gasteiger partial charge in [0, 0.05) is 62.6 Å². The van der Waals surface area contributed by atoms with E-state index in [0.717, 1.165) is 79.4 Å². The van der Waals surface area contributed by atoms with E-state index in [4.69, 9.17) is 16.3 Å². The first-order chi connectivity index (χ1) is 34.3. The van der Waals surface area contributed by atoms with Gasteiger partial charge in [-0.1, -0.05) is 81.6 Å². The maximum atomic E-state index is 14.2. The van der Waals surface area contributed by atoms with E-state index in [1.165, 1.54) is 11.1 Å². The van der Waals surface area contributed by atoms with Gasteiger partial charge in [0.2, 0.25) is 23.7 Å². The molecule has 386 valence electrons. The third kappa shape index (κ3) is 13.9. The van der Waals surface area contributed by atoms with Gasteiger partial charge in [-0.05, 0) is 87.4 Å². The molecule has 0 saturated carbocycles. The number of hydrogen-bond acceptors (Lipinski definition) is 14. The molecule has 5 N–H and O–H groups in total. The fourth-order valence-electron chi connectivity index (χ4n) is 9.24. The number of ether oxygens (including phenoxy) is 1. The van der Waals surface area contributed by atoms with E-state index in [9.17, 15) is 24.1 Å². The summed E-state index contributed by atoms with van der Waals surface area (Å²) in [4.78, 5) is 61.9. The lowest BCUT2D eigenvalue weighted by Gasteiger charge is -2.36. The standard InChI is InChI=1S/C53H70ClN10O6PS/c1-34(36-18-20-37(21-19-36)47-35(2)56-33-72-47)57-50(67)43-30-39(65)32-64(43)51(68)48(53(3,4)5)60-46(66)17-11-9-10-14-24-62-25-27-63(28-26-62)38-22-23-41(44(29-38)70-6)59-52-55-31-40(54)49(61-52)58-42-15-12-13-16-45(42)71(7,8)69/h12-13,15-16,18-23,29,31,33-34,39,43,48,65H,9-11,14,17,24-28,30,32H2,1-8H3,(H,57,67)(H,60,66)(H2,55,58,59,61)/t34-,39+,43-,48+/m0/s1. The number of aromatic nitrogens is 3. The predicted molar refractivity (Wildman–Crippen MR) is 290 cm³/mol. The molecule has 0 unspecified atom stereocenters. The summed E-state index contributed by atoms with van der Waals surface area (Å²) in [5.41, 5.74) is 6.58. The summed E-state index contributed by atoms with van der Waals surface area (Å²) < 4.78 is 18.7. The second-order valence-corrected chi connectivity index (χ2v) is 24.7. The zero-order valence-corrected chi connectivity index (χ0v) is 45.2. The van der Waals surface area contributed by atoms with Gasteiger partial charge in [-0.15, -0.1) is 11.3 Å². The molecule has 0 bridgehead atoms. The van der Waals surface area contributed by atoms with Crippen LogP contribution in [0.4, 0.5) is 28.8 Å². The predicted octanol–water partition coefficient (Wildman–Crippen LogP) is 8.75. The number of aliphatic hydroxyl groups is 1. The van der Waals surface area contributed by atoms with Crippen LogP contribution >= 0.6 is 30.1 Å². The first-order valence-corrected chi connectivity index (χ1v) is 28.6. The molecule has 2 aliphatic heterocycles. The van der Waals surface area contributed by atoms with Crippen LogP contribution in [0, 0.1) is 12.3 Å². The van der Waals surface area contributed by atoms with Crippen molar-refractivity contribution in [2.75, 3.05) is 75.2 Å². The Hall–Kier alpha value is -5.58. The molecule has 2 saturated heterocycles. The van der Waals surface area contributed by atoms with Crippen molar-refractivity contribution >= 4 is 81.9 Å². The number of aliphatic hydroxyl groups excluding tert-OH is 1. The Kier molecular flexibility index (Phi) is 18.0. The summed E-state index contributed by atoms with van der Waals surface area (Å²) in [6.45, 7) is 17.6. The lowest BCUT2D eigenvalue weighted by Crippen LogP contribution is -2.57. The van der Waals surface area contributed by atoms with Crippen LogP contribution in [0.15, 0.2) is 78.4 Å². The molecule has 0 radical (unpaired) electrons. The third-order valence-electron chi connectivity index (χ3n) is 13.3. The van der Waals surface area contributed by atoms with Crippen molar-refractivity contribution in [1.29, 1.82) is 0 Å². The van der Waals surface area contributed by atoms with Gasteiger partial charge in [-0.25, -0.2) is 9.97 Å². The number of β-amino-alcohol motifs (C(OH)–C–C–N with tert-alkyl or cyclic N) is 1. The second kappa shape index (κ2) is 24.0. The number of aryl methyl sites for hydroxylation is 1. The fraction of sp³-hybridized carbons (Fsp3) is 0.472. The van der Waals surface area contributed by atoms with Crippen LogP contribution < -0.4 is 36.2 Å². The zero-order valence-electron chi connectivity index (χ0n) is 42.7. The number of rotatable bonds is 20. The Morgan fingerprint density at radius 2 is 1.65 bits per heavy atom. The molecule has 5 aromatic rings. The summed E-state index contributed by atoms with van der Waals surface area (Å²) in [7, 11) is -0.932. The molecule has 16 nitrogen and oxygen atoms in total. The van der Waals surface area contributed by atoms with Crippen LogP contribution in [0.5, 0.6) is 5.75 Å². The largest absolute Gasteiger partial charge is 0.494 e. The molecule has 19 heteroatoms. The van der Waals surface area contributed by atoms with Crippen molar-refractivity contribution in [3.63, 3.8) is 0 Å². The molecule has 0 spiro atoms. The minimum absolute atomic E-state index is 0.0241. The number of hydrogen-bond donors (Lipinski definition) is 5. The van der Waals surface area contributed by atoms with Crippen LogP contribution in [0.1, 0.15) is 83.5 Å². The monoisotopic (exact) mass is 1040 g/mol. The normalized spacial score (nSPS) is 17.3. The number of unbranched alkanes of at least 4 members (excludes halogenated alkanes) is 3. The Labute approximate surface area is 433 Å². The van der Waals surface area contributed by atoms with E-state index >= 15 is 0 Å². The summed E-state index contributed by atoms with van der Waals surface area (Å²) in [6, 6.07) is 19.4. The number of nitrogens with zero attached hydrogens (tertiary/aromatic N) is 6. The molecule has 72 heavy (non-hydrogen) atoms. The fourth-order valence-corrected chi connectivity index (χ4v) is 11.4. The maximum Gasteiger partial charge on any atom is 0.246 e. The minimum Gasteiger partial charge on any atom is -0.494 e. The smallest absolute Gasteiger partial charge is 0.246 e. The molecule has 4 atom stereocenters. The highest BCUT2D eigenvalue weighted by molar-refractivity contribution is 7.70. The summed E-state index contributed by atoms with van der Waals surface area (Å²) in [6.07, 6.45) is 4.69. The van der Waals surface area contributed by atoms with Crippen LogP contribution in [0.3, 0.4) is 0 Å². The van der Waals surface area contributed by atoms with Crippen LogP contribution in [0.25, 0.3) is 10.4 Å². The molecule has 0 aliphatic carbocycles. The number of methoxy groups -OCH3 is 1.